The van der Waals surface area contributed by atoms with E-state index in [-0.39, 0.29) is 134 Å². The zero-order chi connectivity index (χ0) is 99.8. The van der Waals surface area contributed by atoms with E-state index in [1.807, 2.05) is 0 Å². The third-order valence-electron chi connectivity index (χ3n) is 19.1. The lowest BCUT2D eigenvalue weighted by Gasteiger charge is -2.38. The standard InChI is InChI=1S/C91H158N4O44/c1-72-83(100)85(102)87(104)90(138-72)134-65-63-112-15-9-92-79(96)7-13-108-19-23-114-27-31-118-35-39-122-43-47-126-51-55-130-59-61-132-57-53-128-49-45-124-41-37-120-33-29-116-25-21-110-17-11-94-81(98)70-136-77-5-3-74(4-6-77)75-67-76(89(106)107)69-78(68-75)137-71-82(99)95-12-18-111-22-26-117-30-34-121-38-42-125-46-50-129-54-58-133-62-60-131-56-52-127-48-44-123-40-36-119-32-28-115-24-20-109-14-8-80(97)93-10-16-113-64-66-135-91-88(105)86(103)84(101)73(2)139-91/h3-6,67-69,72-73,83-88,90-91,100-105H,7-66,70-71H2,1-2H3,(H,92,96)(H,93,97)(H,94,98)(H,95,99)(H,106,107)/t72-,73-,83-,84-,85+,86+,87+,88+,90+,91+/m0/s1. The highest BCUT2D eigenvalue weighted by Gasteiger charge is 2.43. The molecule has 4 amide bonds. The molecule has 48 heteroatoms. The predicted molar refractivity (Wildman–Crippen MR) is 489 cm³/mol. The maximum Gasteiger partial charge on any atom is 0.335 e. The van der Waals surface area contributed by atoms with E-state index >= 15 is 0 Å². The second kappa shape index (κ2) is 89.6. The van der Waals surface area contributed by atoms with Crippen molar-refractivity contribution in [3.8, 4) is 22.6 Å². The Balaban J connectivity index is 0.775. The molecule has 2 saturated heterocycles. The van der Waals surface area contributed by atoms with E-state index in [0.29, 0.717) is 321 Å². The topological polar surface area (TPSA) is 570 Å². The zero-order valence-corrected chi connectivity index (χ0v) is 80.9. The summed E-state index contributed by atoms with van der Waals surface area (Å²) in [5.41, 5.74) is 1.13. The number of carbonyl (C=O) groups is 5. The van der Waals surface area contributed by atoms with E-state index in [2.05, 4.69) is 21.3 Å². The van der Waals surface area contributed by atoms with Crippen LogP contribution in [0.2, 0.25) is 0 Å². The Morgan fingerprint density at radius 1 is 0.245 bits per heavy atom. The number of hydrogen-bond acceptors (Lipinski definition) is 43. The van der Waals surface area contributed by atoms with Gasteiger partial charge in [0.15, 0.2) is 25.8 Å². The molecule has 139 heavy (non-hydrogen) atoms. The molecule has 2 aromatic carbocycles. The van der Waals surface area contributed by atoms with Gasteiger partial charge in [-0.3, -0.25) is 19.2 Å². The van der Waals surface area contributed by atoms with E-state index < -0.39 is 73.3 Å². The van der Waals surface area contributed by atoms with Gasteiger partial charge in [-0.05, 0) is 55.3 Å². The highest BCUT2D eigenvalue weighted by atomic mass is 16.7. The van der Waals surface area contributed by atoms with Gasteiger partial charge in [0.1, 0.15) is 48.1 Å². The molecule has 0 spiro atoms. The molecule has 11 N–H and O–H groups in total. The van der Waals surface area contributed by atoms with Gasteiger partial charge in [-0.25, -0.2) is 4.79 Å². The summed E-state index contributed by atoms with van der Waals surface area (Å²) in [6.07, 6.45) is -11.0. The summed E-state index contributed by atoms with van der Waals surface area (Å²) >= 11 is 0. The van der Waals surface area contributed by atoms with Crippen molar-refractivity contribution in [2.75, 3.05) is 396 Å². The number of benzene rings is 2. The van der Waals surface area contributed by atoms with Crippen LogP contribution >= 0.6 is 0 Å². The number of ether oxygens (including phenoxy) is 32. The van der Waals surface area contributed by atoms with E-state index in [0.717, 1.165) is 0 Å². The summed E-state index contributed by atoms with van der Waals surface area (Å²) in [4.78, 5) is 61.0. The Hall–Kier alpha value is -6.05. The van der Waals surface area contributed by atoms with Gasteiger partial charge in [0.25, 0.3) is 11.8 Å². The molecule has 0 aliphatic carbocycles. The summed E-state index contributed by atoms with van der Waals surface area (Å²) < 4.78 is 176. The minimum atomic E-state index is -1.37. The molecule has 48 nitrogen and oxygen atoms in total. The fourth-order valence-corrected chi connectivity index (χ4v) is 11.7. The molecule has 806 valence electrons. The molecular weight excluding hydrogens is 1850 g/mol. The average molecular weight is 2010 g/mol. The second-order valence-corrected chi connectivity index (χ2v) is 30.1. The maximum absolute atomic E-state index is 12.6. The molecule has 2 aliphatic rings. The van der Waals surface area contributed by atoms with Gasteiger partial charge in [-0.15, -0.1) is 0 Å². The first-order valence-electron chi connectivity index (χ1n) is 47.5. The highest BCUT2D eigenvalue weighted by Crippen LogP contribution is 2.29. The Kier molecular flexibility index (Phi) is 80.7. The Morgan fingerprint density at radius 3 is 0.705 bits per heavy atom. The van der Waals surface area contributed by atoms with Crippen LogP contribution < -0.4 is 30.7 Å². The lowest BCUT2D eigenvalue weighted by Crippen LogP contribution is -2.57. The van der Waals surface area contributed by atoms with E-state index in [9.17, 15) is 59.7 Å². The zero-order valence-electron chi connectivity index (χ0n) is 80.9. The molecule has 2 aliphatic heterocycles. The summed E-state index contributed by atoms with van der Waals surface area (Å²) in [6, 6.07) is 11.2. The van der Waals surface area contributed by atoms with Crippen molar-refractivity contribution in [3.63, 3.8) is 0 Å². The largest absolute Gasteiger partial charge is 0.484 e. The molecule has 2 heterocycles. The van der Waals surface area contributed by atoms with Gasteiger partial charge in [0.2, 0.25) is 11.8 Å². The first-order chi connectivity index (χ1) is 68.0. The van der Waals surface area contributed by atoms with Crippen LogP contribution in [0.3, 0.4) is 0 Å². The van der Waals surface area contributed by atoms with E-state index in [4.69, 9.17) is 152 Å². The number of carboxylic acid groups (broad SMARTS) is 1. The third kappa shape index (κ3) is 70.4. The lowest BCUT2D eigenvalue weighted by molar-refractivity contribution is -0.294. The normalized spacial score (nSPS) is 18.2. The van der Waals surface area contributed by atoms with Crippen LogP contribution in [-0.2, 0) is 161 Å². The average Bonchev–Trinajstić information content (AvgIpc) is 0.837. The van der Waals surface area contributed by atoms with Crippen LogP contribution in [0.4, 0.5) is 0 Å². The Labute approximate surface area is 814 Å². The maximum atomic E-state index is 12.6. The van der Waals surface area contributed by atoms with Gasteiger partial charge in [-0.1, -0.05) is 12.1 Å². The molecule has 2 aromatic rings. The van der Waals surface area contributed by atoms with Crippen molar-refractivity contribution in [1.29, 1.82) is 0 Å². The fraction of sp³-hybridized carbons (Fsp3) is 0.813. The first kappa shape index (κ1) is 125. The molecule has 0 unspecified atom stereocenters. The predicted octanol–water partition coefficient (Wildman–Crippen LogP) is -2.83. The second-order valence-electron chi connectivity index (χ2n) is 30.1. The number of aliphatic hydroxyl groups excluding tert-OH is 6. The summed E-state index contributed by atoms with van der Waals surface area (Å²) in [7, 11) is 0. The molecule has 0 saturated carbocycles. The fourth-order valence-electron chi connectivity index (χ4n) is 11.7. The summed E-state index contributed by atoms with van der Waals surface area (Å²) in [5, 5.41) is 79.8. The Morgan fingerprint density at radius 2 is 0.460 bits per heavy atom. The Bertz CT molecular complexity index is 3220. The number of aromatic carboxylic acids is 1. The van der Waals surface area contributed by atoms with Crippen molar-refractivity contribution in [1.82, 2.24) is 21.3 Å². The quantitative estimate of drug-likeness (QED) is 0.0298. The van der Waals surface area contributed by atoms with Crippen molar-refractivity contribution < 1.29 is 211 Å². The molecular formula is C91H158N4O44. The number of carboxylic acids is 1. The first-order valence-corrected chi connectivity index (χ1v) is 47.5. The molecule has 0 bridgehead atoms. The molecule has 0 aromatic heterocycles. The molecule has 0 radical (unpaired) electrons. The van der Waals surface area contributed by atoms with Crippen LogP contribution in [0.15, 0.2) is 42.5 Å². The van der Waals surface area contributed by atoms with Crippen molar-refractivity contribution in [2.24, 2.45) is 0 Å². The monoisotopic (exact) mass is 2010 g/mol. The summed E-state index contributed by atoms with van der Waals surface area (Å²) in [6.45, 7) is 23.5. The van der Waals surface area contributed by atoms with E-state index in [1.54, 1.807) is 44.2 Å². The number of rotatable bonds is 100. The molecule has 4 rings (SSSR count). The number of hydrogen-bond donors (Lipinski definition) is 11. The van der Waals surface area contributed by atoms with Gasteiger partial charge in [0.05, 0.1) is 375 Å². The van der Waals surface area contributed by atoms with Gasteiger partial charge in [0, 0.05) is 39.0 Å². The van der Waals surface area contributed by atoms with Crippen LogP contribution in [0.25, 0.3) is 11.1 Å². The SMILES string of the molecule is C[C@@H]1O[C@@H](OCCOCCNC(=O)CCOCCOCCOCCOCCOCCOCCOCCOCCOCCOCCOCCOCCNC(=O)COc2ccc(-c3cc(OCC(=O)NCCOCCOCCOCCOCCOCCOCCOCCOCCOCCOCCOCCOCCC(=O)NCCOCCO[C@@H]4O[C@@H](C)[C@H](O)[C@@H](O)[C@H]4O)cc(C(=O)O)c3)cc2)[C@H](O)[C@H](O)[C@H]1O. The number of amides is 4. The third-order valence-corrected chi connectivity index (χ3v) is 19.1. The van der Waals surface area contributed by atoms with Crippen molar-refractivity contribution in [2.45, 2.75) is 88.1 Å². The van der Waals surface area contributed by atoms with Gasteiger partial charge < -0.3 is 209 Å². The van der Waals surface area contributed by atoms with Crippen LogP contribution in [0.1, 0.15) is 37.0 Å². The molecule has 2 fully saturated rings. The highest BCUT2D eigenvalue weighted by molar-refractivity contribution is 5.90. The van der Waals surface area contributed by atoms with Gasteiger partial charge >= 0.3 is 5.97 Å². The van der Waals surface area contributed by atoms with Crippen LogP contribution in [-0.4, -0.2) is 523 Å². The number of aliphatic hydroxyl groups is 6. The van der Waals surface area contributed by atoms with Gasteiger partial charge in [-0.2, -0.15) is 0 Å². The lowest BCUT2D eigenvalue weighted by atomic mass is 10.0. The minimum Gasteiger partial charge on any atom is -0.484 e. The molecule has 10 atom stereocenters. The summed E-state index contributed by atoms with van der Waals surface area (Å²) in [5.74, 6) is -1.71. The van der Waals surface area contributed by atoms with Crippen LogP contribution in [0, 0.1) is 0 Å². The van der Waals surface area contributed by atoms with Crippen LogP contribution in [0.5, 0.6) is 11.5 Å². The van der Waals surface area contributed by atoms with Crippen molar-refractivity contribution >= 4 is 29.6 Å². The smallest absolute Gasteiger partial charge is 0.335 e. The minimum absolute atomic E-state index is 0.0388. The number of carbonyl (C=O) groups excluding carboxylic acids is 4. The van der Waals surface area contributed by atoms with E-state index in [1.165, 1.54) is 12.1 Å². The van der Waals surface area contributed by atoms with Crippen molar-refractivity contribution in [3.05, 3.63) is 48.0 Å². The number of nitrogens with one attached hydrogen (secondary N) is 4.